The summed E-state index contributed by atoms with van der Waals surface area (Å²) in [6, 6.07) is 21.4. The third-order valence-corrected chi connectivity index (χ3v) is 9.05. The van der Waals surface area contributed by atoms with Gasteiger partial charge in [0, 0.05) is 21.5 Å². The second kappa shape index (κ2) is 13.3. The molecule has 0 amide bonds. The molecule has 2 aromatic rings. The Bertz CT molecular complexity index is 724. The van der Waals surface area contributed by atoms with Crippen LogP contribution in [0.5, 0.6) is 0 Å². The van der Waals surface area contributed by atoms with Crippen LogP contribution < -0.4 is 10.6 Å². The van der Waals surface area contributed by atoms with E-state index in [0.29, 0.717) is 0 Å². The molecular formula is C27H29FeOPS+2. The van der Waals surface area contributed by atoms with E-state index in [1.807, 2.05) is 65.7 Å². The maximum absolute atomic E-state index is 12.9. The van der Waals surface area contributed by atoms with Crippen LogP contribution in [0.3, 0.4) is 0 Å². The minimum atomic E-state index is -1.000. The molecule has 2 fully saturated rings. The number of hydrogen-bond donors (Lipinski definition) is 0. The summed E-state index contributed by atoms with van der Waals surface area (Å²) in [6.45, 7) is 6.12. The molecule has 0 N–H and O–H groups in total. The third kappa shape index (κ3) is 8.12. The van der Waals surface area contributed by atoms with E-state index in [1.54, 1.807) is 0 Å². The second-order valence-electron chi connectivity index (χ2n) is 8.02. The number of hydrogen-bond acceptors (Lipinski definition) is 1. The number of benzene rings is 2. The predicted molar refractivity (Wildman–Crippen MR) is 133 cm³/mol. The van der Waals surface area contributed by atoms with Gasteiger partial charge in [-0.1, -0.05) is 60.7 Å². The van der Waals surface area contributed by atoms with Crippen molar-refractivity contribution in [3.05, 3.63) is 123 Å². The molecule has 4 heteroatoms. The van der Waals surface area contributed by atoms with Crippen molar-refractivity contribution in [1.29, 1.82) is 0 Å². The Morgan fingerprint density at radius 2 is 1.16 bits per heavy atom. The van der Waals surface area contributed by atoms with Gasteiger partial charge in [0.15, 0.2) is 0 Å². The molecule has 0 heterocycles. The fraction of sp³-hybridized carbons (Fsp3) is 0.185. The monoisotopic (exact) mass is 488 g/mol. The Balaban J connectivity index is 0.000000501. The van der Waals surface area contributed by atoms with Crippen LogP contribution in [0.2, 0.25) is 0 Å². The summed E-state index contributed by atoms with van der Waals surface area (Å²) in [5, 5.41) is 3.71. The molecule has 160 valence electrons. The van der Waals surface area contributed by atoms with Gasteiger partial charge in [0.1, 0.15) is 0 Å². The van der Waals surface area contributed by atoms with Crippen molar-refractivity contribution in [2.24, 2.45) is 0 Å². The molecule has 2 aliphatic carbocycles. The molecule has 0 aromatic heterocycles. The standard InChI is InChI=1S/C22H24OPS.C5H5.Fe/c1-22(2,3)25(23)21-16-10-11-18(21)17-24(19-12-6-4-7-13-19)20-14-8-5-9-15-20;1-2-4-5-3-1;/h4-16H,17H2,1-3H3;1-5H;/q;;+2/t25-;;/m0../s1. The SMILES string of the molecule is CC(C)(C)[S@@](=O)[C]1[CH][CH][CH][C]1CP(c1ccccc1)c1ccccc1.[CH]1[CH][CH][CH][CH]1.[Fe+2]. The van der Waals surface area contributed by atoms with Crippen LogP contribution in [-0.4, -0.2) is 15.1 Å². The van der Waals surface area contributed by atoms with Crippen molar-refractivity contribution < 1.29 is 21.3 Å². The Labute approximate surface area is 204 Å². The van der Waals surface area contributed by atoms with Gasteiger partial charge < -0.3 is 0 Å². The number of rotatable bonds is 5. The Morgan fingerprint density at radius 1 is 0.710 bits per heavy atom. The molecule has 1 atom stereocenters. The van der Waals surface area contributed by atoms with Crippen LogP contribution >= 0.6 is 7.92 Å². The van der Waals surface area contributed by atoms with Crippen molar-refractivity contribution in [1.82, 2.24) is 0 Å². The zero-order valence-electron chi connectivity index (χ0n) is 18.2. The summed E-state index contributed by atoms with van der Waals surface area (Å²) < 4.78 is 12.7. The fourth-order valence-electron chi connectivity index (χ4n) is 3.12. The fourth-order valence-corrected chi connectivity index (χ4v) is 6.81. The van der Waals surface area contributed by atoms with Crippen LogP contribution in [0.15, 0.2) is 60.7 Å². The first kappa shape index (κ1) is 26.8. The van der Waals surface area contributed by atoms with Gasteiger partial charge in [-0.15, -0.1) is 0 Å². The second-order valence-corrected chi connectivity index (χ2v) is 12.4. The van der Waals surface area contributed by atoms with Gasteiger partial charge in [0.25, 0.3) is 0 Å². The average Bonchev–Trinajstić information content (AvgIpc) is 3.47. The van der Waals surface area contributed by atoms with E-state index < -0.39 is 18.7 Å². The molecule has 0 aliphatic heterocycles. The van der Waals surface area contributed by atoms with Crippen LogP contribution in [0, 0.1) is 62.5 Å². The van der Waals surface area contributed by atoms with E-state index in [1.165, 1.54) is 16.5 Å². The summed E-state index contributed by atoms with van der Waals surface area (Å²) in [5.41, 5.74) is 0. The minimum absolute atomic E-state index is 0. The molecule has 0 bridgehead atoms. The van der Waals surface area contributed by atoms with Crippen LogP contribution in [0.25, 0.3) is 0 Å². The van der Waals surface area contributed by atoms with E-state index in [0.717, 1.165) is 11.4 Å². The topological polar surface area (TPSA) is 17.1 Å². The van der Waals surface area contributed by atoms with E-state index >= 15 is 0 Å². The molecular weight excluding hydrogens is 459 g/mol. The normalized spacial score (nSPS) is 18.3. The van der Waals surface area contributed by atoms with Crippen molar-refractivity contribution in [2.45, 2.75) is 25.5 Å². The van der Waals surface area contributed by atoms with E-state index in [4.69, 9.17) is 0 Å². The Kier molecular flexibility index (Phi) is 11.5. The van der Waals surface area contributed by atoms with Crippen molar-refractivity contribution in [3.8, 4) is 0 Å². The first-order valence-electron chi connectivity index (χ1n) is 10.2. The summed E-state index contributed by atoms with van der Waals surface area (Å²) >= 11 is 0. The predicted octanol–water partition coefficient (Wildman–Crippen LogP) is 5.42. The molecule has 0 saturated heterocycles. The molecule has 2 saturated carbocycles. The maximum atomic E-state index is 12.9. The molecule has 4 rings (SSSR count). The Hall–Kier alpha value is -0.461. The zero-order chi connectivity index (χ0) is 21.4. The van der Waals surface area contributed by atoms with Crippen molar-refractivity contribution in [3.63, 3.8) is 0 Å². The van der Waals surface area contributed by atoms with Crippen molar-refractivity contribution >= 4 is 29.3 Å². The first-order chi connectivity index (χ1) is 14.5. The summed E-state index contributed by atoms with van der Waals surface area (Å²) in [5.74, 6) is 1.21. The smallest absolute Gasteiger partial charge is 0.258 e. The molecule has 10 radical (unpaired) electrons. The van der Waals surface area contributed by atoms with Gasteiger partial charge in [0.05, 0.1) is 5.25 Å². The van der Waals surface area contributed by atoms with Gasteiger partial charge >= 0.3 is 17.1 Å². The van der Waals surface area contributed by atoms with E-state index in [9.17, 15) is 4.21 Å². The van der Waals surface area contributed by atoms with E-state index in [-0.39, 0.29) is 21.8 Å². The van der Waals surface area contributed by atoms with Crippen LogP contribution in [0.4, 0.5) is 0 Å². The minimum Gasteiger partial charge on any atom is -0.258 e. The molecule has 31 heavy (non-hydrogen) atoms. The quantitative estimate of drug-likeness (QED) is 0.406. The molecule has 1 nitrogen and oxygen atoms in total. The average molecular weight is 488 g/mol. The van der Waals surface area contributed by atoms with Gasteiger partial charge in [-0.3, -0.25) is 4.21 Å². The van der Waals surface area contributed by atoms with Gasteiger partial charge in [0.2, 0.25) is 0 Å². The summed E-state index contributed by atoms with van der Waals surface area (Å²) in [6.07, 6.45) is 17.1. The zero-order valence-corrected chi connectivity index (χ0v) is 21.0. The van der Waals surface area contributed by atoms with Crippen molar-refractivity contribution in [2.75, 3.05) is 6.16 Å². The molecule has 2 aliphatic rings. The third-order valence-electron chi connectivity index (χ3n) is 4.64. The molecule has 0 spiro atoms. The molecule has 0 unspecified atom stereocenters. The summed E-state index contributed by atoms with van der Waals surface area (Å²) in [7, 11) is -1.51. The molecule has 2 aromatic carbocycles. The summed E-state index contributed by atoms with van der Waals surface area (Å²) in [4.78, 5) is 0. The largest absolute Gasteiger partial charge is 2.00 e. The van der Waals surface area contributed by atoms with Crippen LogP contribution in [-0.2, 0) is 27.9 Å². The van der Waals surface area contributed by atoms with Gasteiger partial charge in [-0.2, -0.15) is 0 Å². The first-order valence-corrected chi connectivity index (χ1v) is 12.9. The van der Waals surface area contributed by atoms with Gasteiger partial charge in [-0.05, 0) is 96.8 Å². The Morgan fingerprint density at radius 3 is 1.58 bits per heavy atom. The maximum Gasteiger partial charge on any atom is 2.00 e. The van der Waals surface area contributed by atoms with Crippen LogP contribution in [0.1, 0.15) is 20.8 Å². The van der Waals surface area contributed by atoms with Gasteiger partial charge in [-0.25, -0.2) is 0 Å². The van der Waals surface area contributed by atoms with E-state index in [2.05, 4.69) is 67.1 Å².